The number of hydrogen-bond acceptors (Lipinski definition) is 5. The van der Waals surface area contributed by atoms with E-state index >= 15 is 0 Å². The van der Waals surface area contributed by atoms with E-state index in [1.54, 1.807) is 22.7 Å². The Hall–Kier alpha value is -0.750. The molecule has 0 radical (unpaired) electrons. The Bertz CT molecular complexity index is 414. The molecule has 2 atom stereocenters. The summed E-state index contributed by atoms with van der Waals surface area (Å²) in [5.41, 5.74) is 0. The van der Waals surface area contributed by atoms with E-state index in [2.05, 4.69) is 17.2 Å². The maximum absolute atomic E-state index is 9.98. The first-order valence-electron chi connectivity index (χ1n) is 5.65. The van der Waals surface area contributed by atoms with Crippen molar-refractivity contribution in [3.8, 4) is 0 Å². The molecule has 0 aliphatic heterocycles. The molecule has 2 unspecified atom stereocenters. The topological polar surface area (TPSA) is 45.1 Å². The van der Waals surface area contributed by atoms with Crippen LogP contribution in [0.4, 0.5) is 0 Å². The lowest BCUT2D eigenvalue weighted by Gasteiger charge is -2.16. The molecule has 0 bridgehead atoms. The van der Waals surface area contributed by atoms with Gasteiger partial charge in [0.15, 0.2) is 0 Å². The predicted molar refractivity (Wildman–Crippen MR) is 72.4 cm³/mol. The number of aliphatic hydroxyl groups is 1. The second kappa shape index (κ2) is 6.26. The van der Waals surface area contributed by atoms with Crippen molar-refractivity contribution in [2.24, 2.45) is 0 Å². The number of nitrogens with one attached hydrogen (secondary N) is 1. The monoisotopic (exact) mass is 268 g/mol. The van der Waals surface area contributed by atoms with Crippen LogP contribution in [0.25, 0.3) is 0 Å². The summed E-state index contributed by atoms with van der Waals surface area (Å²) in [6, 6.07) is 4.16. The number of aromatic nitrogens is 1. The van der Waals surface area contributed by atoms with Crippen molar-refractivity contribution < 1.29 is 5.11 Å². The first-order valence-corrected chi connectivity index (χ1v) is 7.41. The second-order valence-electron chi connectivity index (χ2n) is 3.77. The molecule has 0 aliphatic rings. The molecule has 0 saturated carbocycles. The number of thiophene rings is 1. The van der Waals surface area contributed by atoms with Crippen LogP contribution in [0.5, 0.6) is 0 Å². The van der Waals surface area contributed by atoms with Gasteiger partial charge >= 0.3 is 0 Å². The van der Waals surface area contributed by atoms with Crippen molar-refractivity contribution in [2.45, 2.75) is 25.5 Å². The Kier molecular flexibility index (Phi) is 4.67. The molecule has 0 aliphatic carbocycles. The van der Waals surface area contributed by atoms with Crippen LogP contribution in [0.2, 0.25) is 0 Å². The van der Waals surface area contributed by atoms with Crippen LogP contribution in [-0.4, -0.2) is 16.6 Å². The van der Waals surface area contributed by atoms with Gasteiger partial charge in [-0.3, -0.25) is 0 Å². The molecule has 0 amide bonds. The van der Waals surface area contributed by atoms with Gasteiger partial charge < -0.3 is 10.4 Å². The number of rotatable bonds is 6. The molecule has 17 heavy (non-hydrogen) atoms. The molecule has 0 spiro atoms. The average Bonchev–Trinajstić information content (AvgIpc) is 3.02. The van der Waals surface area contributed by atoms with Gasteiger partial charge in [-0.05, 0) is 17.9 Å². The number of hydrogen-bond donors (Lipinski definition) is 2. The zero-order chi connectivity index (χ0) is 12.1. The number of nitrogens with zero attached hydrogens (tertiary/aromatic N) is 1. The highest BCUT2D eigenvalue weighted by Gasteiger charge is 2.14. The van der Waals surface area contributed by atoms with Crippen molar-refractivity contribution in [3.63, 3.8) is 0 Å². The summed E-state index contributed by atoms with van der Waals surface area (Å²) in [6.07, 6.45) is 2.37. The van der Waals surface area contributed by atoms with Gasteiger partial charge in [-0.25, -0.2) is 4.98 Å². The lowest BCUT2D eigenvalue weighted by atomic mass is 10.2. The Morgan fingerprint density at radius 1 is 1.41 bits per heavy atom. The summed E-state index contributed by atoms with van der Waals surface area (Å²) in [5.74, 6) is 0. The fourth-order valence-electron chi connectivity index (χ4n) is 1.65. The molecule has 0 aromatic carbocycles. The largest absolute Gasteiger partial charge is 0.386 e. The standard InChI is InChI=1S/C12H16N2OS2/c1-2-9(12-13-5-7-17-12)14-8-10(15)11-4-3-6-16-11/h3-7,9-10,14-15H,2,8H2,1H3. The zero-order valence-corrected chi connectivity index (χ0v) is 11.3. The summed E-state index contributed by atoms with van der Waals surface area (Å²) in [4.78, 5) is 5.31. The lowest BCUT2D eigenvalue weighted by Crippen LogP contribution is -2.25. The second-order valence-corrected chi connectivity index (χ2v) is 5.68. The SMILES string of the molecule is CCC(NCC(O)c1cccs1)c1nccs1. The van der Waals surface area contributed by atoms with Gasteiger partial charge in [-0.2, -0.15) is 0 Å². The lowest BCUT2D eigenvalue weighted by molar-refractivity contribution is 0.173. The highest BCUT2D eigenvalue weighted by molar-refractivity contribution is 7.10. The fourth-order valence-corrected chi connectivity index (χ4v) is 3.16. The van der Waals surface area contributed by atoms with Gasteiger partial charge in [0.2, 0.25) is 0 Å². The van der Waals surface area contributed by atoms with Gasteiger partial charge in [0.25, 0.3) is 0 Å². The van der Waals surface area contributed by atoms with Crippen LogP contribution in [0, 0.1) is 0 Å². The Balaban J connectivity index is 1.88. The van der Waals surface area contributed by atoms with Gasteiger partial charge in [0.05, 0.1) is 6.04 Å². The van der Waals surface area contributed by atoms with Crippen molar-refractivity contribution in [2.75, 3.05) is 6.54 Å². The van der Waals surface area contributed by atoms with Gasteiger partial charge in [-0.15, -0.1) is 22.7 Å². The summed E-state index contributed by atoms with van der Waals surface area (Å²) >= 11 is 3.24. The van der Waals surface area contributed by atoms with Crippen molar-refractivity contribution >= 4 is 22.7 Å². The maximum Gasteiger partial charge on any atom is 0.109 e. The smallest absolute Gasteiger partial charge is 0.109 e. The van der Waals surface area contributed by atoms with Crippen LogP contribution in [0.1, 0.15) is 35.4 Å². The summed E-state index contributed by atoms with van der Waals surface area (Å²) < 4.78 is 0. The summed E-state index contributed by atoms with van der Waals surface area (Å²) in [7, 11) is 0. The zero-order valence-electron chi connectivity index (χ0n) is 9.67. The fraction of sp³-hybridized carbons (Fsp3) is 0.417. The van der Waals surface area contributed by atoms with Gasteiger partial charge in [0, 0.05) is 23.0 Å². The molecule has 2 aromatic rings. The molecule has 2 aromatic heterocycles. The van der Waals surface area contributed by atoms with Crippen LogP contribution in [-0.2, 0) is 0 Å². The van der Waals surface area contributed by atoms with Gasteiger partial charge in [-0.1, -0.05) is 13.0 Å². The van der Waals surface area contributed by atoms with Gasteiger partial charge in [0.1, 0.15) is 11.1 Å². The minimum atomic E-state index is -0.427. The molecule has 2 rings (SSSR count). The molecular formula is C12H16N2OS2. The average molecular weight is 268 g/mol. The maximum atomic E-state index is 9.98. The van der Waals surface area contributed by atoms with Crippen LogP contribution >= 0.6 is 22.7 Å². The minimum absolute atomic E-state index is 0.240. The number of thiazole rings is 1. The molecule has 0 fully saturated rings. The Morgan fingerprint density at radius 2 is 2.29 bits per heavy atom. The van der Waals surface area contributed by atoms with Crippen molar-refractivity contribution in [1.29, 1.82) is 0 Å². The summed E-state index contributed by atoms with van der Waals surface area (Å²) in [5, 5.41) is 18.4. The molecular weight excluding hydrogens is 252 g/mol. The highest BCUT2D eigenvalue weighted by atomic mass is 32.1. The molecule has 0 saturated heterocycles. The van der Waals surface area contributed by atoms with Crippen molar-refractivity contribution in [3.05, 3.63) is 39.0 Å². The van der Waals surface area contributed by atoms with E-state index in [4.69, 9.17) is 0 Å². The van der Waals surface area contributed by atoms with E-state index in [0.29, 0.717) is 6.54 Å². The normalized spacial score (nSPS) is 14.7. The molecule has 3 nitrogen and oxygen atoms in total. The quantitative estimate of drug-likeness (QED) is 0.846. The molecule has 2 heterocycles. The van der Waals surface area contributed by atoms with Crippen LogP contribution in [0.15, 0.2) is 29.1 Å². The minimum Gasteiger partial charge on any atom is -0.386 e. The van der Waals surface area contributed by atoms with E-state index in [-0.39, 0.29) is 6.04 Å². The number of aliphatic hydroxyl groups excluding tert-OH is 1. The Morgan fingerprint density at radius 3 is 2.88 bits per heavy atom. The van der Waals surface area contributed by atoms with Crippen LogP contribution in [0.3, 0.4) is 0 Å². The van der Waals surface area contributed by atoms with E-state index in [9.17, 15) is 5.11 Å². The predicted octanol–water partition coefficient (Wildman–Crippen LogP) is 2.98. The van der Waals surface area contributed by atoms with E-state index < -0.39 is 6.10 Å². The van der Waals surface area contributed by atoms with E-state index in [1.807, 2.05) is 29.1 Å². The van der Waals surface area contributed by atoms with E-state index in [1.165, 1.54) is 0 Å². The Labute approximate surface area is 109 Å². The highest BCUT2D eigenvalue weighted by Crippen LogP contribution is 2.22. The molecule has 2 N–H and O–H groups in total. The first kappa shape index (κ1) is 12.7. The summed E-state index contributed by atoms with van der Waals surface area (Å²) in [6.45, 7) is 2.69. The first-order chi connectivity index (χ1) is 8.31. The van der Waals surface area contributed by atoms with Crippen molar-refractivity contribution in [1.82, 2.24) is 10.3 Å². The molecule has 92 valence electrons. The van der Waals surface area contributed by atoms with E-state index in [0.717, 1.165) is 16.3 Å². The third-order valence-corrected chi connectivity index (χ3v) is 4.45. The molecule has 5 heteroatoms. The third kappa shape index (κ3) is 3.35. The third-order valence-electron chi connectivity index (χ3n) is 2.59. The van der Waals surface area contributed by atoms with Crippen LogP contribution < -0.4 is 5.32 Å².